The van der Waals surface area contributed by atoms with Gasteiger partial charge in [0, 0.05) is 4.83 Å². The van der Waals surface area contributed by atoms with E-state index in [1.807, 2.05) is 19.9 Å². The van der Waals surface area contributed by atoms with Crippen molar-refractivity contribution >= 4 is 51.0 Å². The van der Waals surface area contributed by atoms with E-state index < -0.39 is 47.5 Å². The molecule has 3 saturated heterocycles. The normalized spacial score (nSPS) is 33.2. The van der Waals surface area contributed by atoms with Crippen LogP contribution < -0.4 is 5.32 Å². The smallest absolute Gasteiger partial charge is 0.312 e. The molecule has 3 heterocycles. The molecular formula is C23H28BrClN2O6. The Kier molecular flexibility index (Phi) is 6.79. The molecule has 10 heteroatoms. The summed E-state index contributed by atoms with van der Waals surface area (Å²) < 4.78 is 11.6. The monoisotopic (exact) mass is 542 g/mol. The van der Waals surface area contributed by atoms with Crippen LogP contribution >= 0.6 is 27.5 Å². The van der Waals surface area contributed by atoms with Crippen molar-refractivity contribution in [1.29, 1.82) is 0 Å². The van der Waals surface area contributed by atoms with E-state index in [2.05, 4.69) is 21.2 Å². The molecule has 180 valence electrons. The van der Waals surface area contributed by atoms with Crippen LogP contribution in [0.5, 0.6) is 0 Å². The highest BCUT2D eigenvalue weighted by Crippen LogP contribution is 2.60. The molecule has 1 aromatic carbocycles. The molecule has 8 nitrogen and oxygen atoms in total. The van der Waals surface area contributed by atoms with Crippen molar-refractivity contribution in [2.24, 2.45) is 11.8 Å². The summed E-state index contributed by atoms with van der Waals surface area (Å²) in [7, 11) is 0. The van der Waals surface area contributed by atoms with Gasteiger partial charge in [-0.05, 0) is 38.3 Å². The highest BCUT2D eigenvalue weighted by atomic mass is 79.9. The molecule has 33 heavy (non-hydrogen) atoms. The summed E-state index contributed by atoms with van der Waals surface area (Å²) in [5.41, 5.74) is 0.0163. The molecule has 7 atom stereocenters. The molecule has 0 aromatic heterocycles. The van der Waals surface area contributed by atoms with Gasteiger partial charge in [-0.1, -0.05) is 46.6 Å². The Morgan fingerprint density at radius 3 is 2.76 bits per heavy atom. The number of nitrogens with one attached hydrogen (secondary N) is 1. The minimum absolute atomic E-state index is 0.177. The van der Waals surface area contributed by atoms with Crippen LogP contribution in [0, 0.1) is 18.8 Å². The SMILES string of the molecule is CCOC(=O)[C@H]1[C@H]2C(=O)N([C@@H](CC)CO)C(C(=O)Nc3c(C)cccc3Cl)C23CC(Br)[C@@H]1O3. The van der Waals surface area contributed by atoms with Crippen molar-refractivity contribution in [3.05, 3.63) is 28.8 Å². The Morgan fingerprint density at radius 2 is 2.15 bits per heavy atom. The number of anilines is 1. The molecule has 3 aliphatic rings. The number of fused-ring (bicyclic) bond motifs is 1. The number of para-hydroxylation sites is 1. The summed E-state index contributed by atoms with van der Waals surface area (Å²) in [5, 5.41) is 13.3. The largest absolute Gasteiger partial charge is 0.466 e. The lowest BCUT2D eigenvalue weighted by molar-refractivity contribution is -0.155. The minimum Gasteiger partial charge on any atom is -0.466 e. The number of likely N-dealkylation sites (tertiary alicyclic amines) is 1. The van der Waals surface area contributed by atoms with Gasteiger partial charge in [-0.2, -0.15) is 0 Å². The van der Waals surface area contributed by atoms with Gasteiger partial charge in [0.25, 0.3) is 0 Å². The molecule has 4 rings (SSSR count). The number of esters is 1. The van der Waals surface area contributed by atoms with E-state index in [1.165, 1.54) is 4.90 Å². The Morgan fingerprint density at radius 1 is 1.42 bits per heavy atom. The van der Waals surface area contributed by atoms with Gasteiger partial charge in [0.15, 0.2) is 0 Å². The van der Waals surface area contributed by atoms with Crippen LogP contribution in [0.15, 0.2) is 18.2 Å². The summed E-state index contributed by atoms with van der Waals surface area (Å²) >= 11 is 9.94. The number of aryl methyl sites for hydroxylation is 1. The summed E-state index contributed by atoms with van der Waals surface area (Å²) in [6.45, 7) is 5.23. The van der Waals surface area contributed by atoms with Gasteiger partial charge in [0.05, 0.1) is 47.9 Å². The average molecular weight is 544 g/mol. The van der Waals surface area contributed by atoms with Crippen molar-refractivity contribution < 1.29 is 29.0 Å². The minimum atomic E-state index is -1.21. The van der Waals surface area contributed by atoms with Gasteiger partial charge in [-0.3, -0.25) is 14.4 Å². The fourth-order valence-corrected chi connectivity index (χ4v) is 6.88. The zero-order valence-electron chi connectivity index (χ0n) is 18.7. The van der Waals surface area contributed by atoms with Gasteiger partial charge in [-0.15, -0.1) is 0 Å². The quantitative estimate of drug-likeness (QED) is 0.405. The Bertz CT molecular complexity index is 952. The zero-order chi connectivity index (χ0) is 24.1. The molecule has 3 aliphatic heterocycles. The summed E-state index contributed by atoms with van der Waals surface area (Å²) in [6, 6.07) is 3.65. The summed E-state index contributed by atoms with van der Waals surface area (Å²) in [6.07, 6.45) is 0.235. The lowest BCUT2D eigenvalue weighted by Crippen LogP contribution is -2.56. The van der Waals surface area contributed by atoms with E-state index in [0.717, 1.165) is 5.56 Å². The van der Waals surface area contributed by atoms with Crippen molar-refractivity contribution in [1.82, 2.24) is 4.90 Å². The highest BCUT2D eigenvalue weighted by Gasteiger charge is 2.77. The third-order valence-electron chi connectivity index (χ3n) is 7.08. The first-order valence-electron chi connectivity index (χ1n) is 11.2. The topological polar surface area (TPSA) is 105 Å². The molecular weight excluding hydrogens is 516 g/mol. The van der Waals surface area contributed by atoms with E-state index in [9.17, 15) is 19.5 Å². The lowest BCUT2D eigenvalue weighted by Gasteiger charge is -2.36. The number of halogens is 2. The van der Waals surface area contributed by atoms with Crippen molar-refractivity contribution in [2.75, 3.05) is 18.5 Å². The lowest BCUT2D eigenvalue weighted by atomic mass is 9.70. The van der Waals surface area contributed by atoms with E-state index >= 15 is 0 Å². The molecule has 3 fully saturated rings. The van der Waals surface area contributed by atoms with Gasteiger partial charge in [-0.25, -0.2) is 0 Å². The number of carbonyl (C=O) groups is 3. The molecule has 0 saturated carbocycles. The maximum atomic E-state index is 13.8. The number of nitrogens with zero attached hydrogens (tertiary/aromatic N) is 1. The van der Waals surface area contributed by atoms with Crippen LogP contribution in [-0.2, 0) is 23.9 Å². The summed E-state index contributed by atoms with van der Waals surface area (Å²) in [5.74, 6) is -3.02. The average Bonchev–Trinajstić information content (AvgIpc) is 3.36. The van der Waals surface area contributed by atoms with Crippen LogP contribution in [0.2, 0.25) is 5.02 Å². The number of aliphatic hydroxyl groups excluding tert-OH is 1. The molecule has 1 spiro atoms. The van der Waals surface area contributed by atoms with Crippen molar-refractivity contribution in [2.45, 2.75) is 62.2 Å². The van der Waals surface area contributed by atoms with Gasteiger partial charge < -0.3 is 24.8 Å². The number of carbonyl (C=O) groups excluding carboxylic acids is 3. The van der Waals surface area contributed by atoms with Crippen LogP contribution in [0.4, 0.5) is 5.69 Å². The standard InChI is InChI=1S/C23H28BrClN2O6/c1-4-12(10-28)27-19(20(29)26-17-11(3)7-6-8-14(17)25)23-9-13(24)18(33-23)15(16(23)21(27)30)22(31)32-5-2/h6-8,12-13,15-16,18-19,28H,4-5,9-10H2,1-3H3,(H,26,29)/t12-,13?,15-,16-,18-,19?,23?/m0/s1. The van der Waals surface area contributed by atoms with Crippen molar-refractivity contribution in [3.8, 4) is 0 Å². The van der Waals surface area contributed by atoms with Crippen LogP contribution in [0.3, 0.4) is 0 Å². The first-order valence-corrected chi connectivity index (χ1v) is 12.5. The number of amides is 2. The maximum absolute atomic E-state index is 13.8. The fraction of sp³-hybridized carbons (Fsp3) is 0.609. The highest BCUT2D eigenvalue weighted by molar-refractivity contribution is 9.09. The molecule has 2 N–H and O–H groups in total. The van der Waals surface area contributed by atoms with E-state index in [-0.39, 0.29) is 23.9 Å². The van der Waals surface area contributed by atoms with Crippen LogP contribution in [0.25, 0.3) is 0 Å². The number of hydrogen-bond donors (Lipinski definition) is 2. The number of benzene rings is 1. The predicted molar refractivity (Wildman–Crippen MR) is 125 cm³/mol. The second-order valence-electron chi connectivity index (χ2n) is 8.83. The maximum Gasteiger partial charge on any atom is 0.312 e. The van der Waals surface area contributed by atoms with E-state index in [4.69, 9.17) is 21.1 Å². The molecule has 3 unspecified atom stereocenters. The number of aliphatic hydroxyl groups is 1. The molecule has 2 bridgehead atoms. The molecule has 1 aromatic rings. The first kappa shape index (κ1) is 24.4. The second-order valence-corrected chi connectivity index (χ2v) is 10.4. The number of rotatable bonds is 7. The summed E-state index contributed by atoms with van der Waals surface area (Å²) in [4.78, 5) is 41.6. The first-order chi connectivity index (χ1) is 15.7. The number of hydrogen-bond acceptors (Lipinski definition) is 6. The van der Waals surface area contributed by atoms with E-state index in [1.54, 1.807) is 19.1 Å². The van der Waals surface area contributed by atoms with E-state index in [0.29, 0.717) is 23.6 Å². The number of alkyl halides is 1. The third kappa shape index (κ3) is 3.68. The molecule has 0 radical (unpaired) electrons. The zero-order valence-corrected chi connectivity index (χ0v) is 21.1. The fourth-order valence-electron chi connectivity index (χ4n) is 5.66. The van der Waals surface area contributed by atoms with Crippen molar-refractivity contribution in [3.63, 3.8) is 0 Å². The molecule has 2 amide bonds. The number of ether oxygens (including phenoxy) is 2. The van der Waals surface area contributed by atoms with Gasteiger partial charge in [0.1, 0.15) is 11.6 Å². The second kappa shape index (κ2) is 9.17. The Hall–Kier alpha value is -1.68. The molecule has 0 aliphatic carbocycles. The predicted octanol–water partition coefficient (Wildman–Crippen LogP) is 2.67. The Balaban J connectivity index is 1.79. The van der Waals surface area contributed by atoms with Gasteiger partial charge in [0.2, 0.25) is 11.8 Å². The van der Waals surface area contributed by atoms with Crippen LogP contribution in [0.1, 0.15) is 32.3 Å². The van der Waals surface area contributed by atoms with Gasteiger partial charge >= 0.3 is 5.97 Å². The van der Waals surface area contributed by atoms with Crippen LogP contribution in [-0.4, -0.2) is 69.6 Å². The third-order valence-corrected chi connectivity index (χ3v) is 8.24. The Labute approximate surface area is 206 Å².